The predicted octanol–water partition coefficient (Wildman–Crippen LogP) is 2.88. The summed E-state index contributed by atoms with van der Waals surface area (Å²) in [7, 11) is -4.51. The Labute approximate surface area is 223 Å². The third-order valence-corrected chi connectivity index (χ3v) is 5.83. The second-order valence-electron chi connectivity index (χ2n) is 7.34. The maximum Gasteiger partial charge on any atom is 1.00 e. The fourth-order valence-corrected chi connectivity index (χ4v) is 4.00. The summed E-state index contributed by atoms with van der Waals surface area (Å²) in [6.07, 6.45) is 10.7. The standard InChI is InChI=1S/C23H32O5S.K/c1-2-3-4-5-6-7-8-9-13-16-20-21(24)17-18-22(29(25,26)27)23(20)28-19-14-11-10-12-15-19;/h10-12,14-15,17-18,24H,2-9,13,16H2,1H3,(H,25,26,27);/q;+1/p-1. The van der Waals surface area contributed by atoms with Gasteiger partial charge in [0, 0.05) is 0 Å². The van der Waals surface area contributed by atoms with Gasteiger partial charge in [0.25, 0.3) is 10.1 Å². The topological polar surface area (TPSA) is 86.7 Å². The number of ether oxygens (including phenoxy) is 1. The smallest absolute Gasteiger partial charge is 0.872 e. The largest absolute Gasteiger partial charge is 1.00 e. The summed E-state index contributed by atoms with van der Waals surface area (Å²) < 4.78 is 38.9. The molecule has 0 saturated carbocycles. The number of para-hydroxylation sites is 1. The first-order valence-corrected chi connectivity index (χ1v) is 11.9. The summed E-state index contributed by atoms with van der Waals surface area (Å²) in [5, 5.41) is 12.4. The molecule has 0 aliphatic carbocycles. The molecule has 1 N–H and O–H groups in total. The van der Waals surface area contributed by atoms with Crippen molar-refractivity contribution in [1.82, 2.24) is 0 Å². The Morgan fingerprint density at radius 2 is 1.43 bits per heavy atom. The van der Waals surface area contributed by atoms with Gasteiger partial charge in [0.05, 0.1) is 0 Å². The molecule has 5 nitrogen and oxygen atoms in total. The van der Waals surface area contributed by atoms with Crippen LogP contribution in [0.4, 0.5) is 0 Å². The molecule has 30 heavy (non-hydrogen) atoms. The fourth-order valence-electron chi connectivity index (χ4n) is 3.36. The SMILES string of the molecule is CCCCCCCCCCCc1c([O-])ccc(S(=O)(=O)O)c1Oc1ccccc1.[K+]. The van der Waals surface area contributed by atoms with Crippen LogP contribution in [0.1, 0.15) is 70.3 Å². The van der Waals surface area contributed by atoms with E-state index in [1.54, 1.807) is 24.3 Å². The van der Waals surface area contributed by atoms with E-state index in [0.29, 0.717) is 17.7 Å². The van der Waals surface area contributed by atoms with Crippen molar-refractivity contribution >= 4 is 10.1 Å². The number of hydrogen-bond acceptors (Lipinski definition) is 4. The van der Waals surface area contributed by atoms with Gasteiger partial charge in [-0.1, -0.05) is 82.6 Å². The molecular weight excluding hydrogens is 427 g/mol. The first-order valence-electron chi connectivity index (χ1n) is 10.5. The molecule has 0 aliphatic rings. The van der Waals surface area contributed by atoms with E-state index in [1.807, 2.05) is 6.07 Å². The Hall–Kier alpha value is -0.414. The van der Waals surface area contributed by atoms with Gasteiger partial charge >= 0.3 is 51.4 Å². The van der Waals surface area contributed by atoms with E-state index in [0.717, 1.165) is 25.3 Å². The van der Waals surface area contributed by atoms with Gasteiger partial charge in [-0.15, -0.1) is 5.75 Å². The summed E-state index contributed by atoms with van der Waals surface area (Å²) in [5.41, 5.74) is 0.298. The minimum Gasteiger partial charge on any atom is -0.872 e. The maximum absolute atomic E-state index is 12.4. The van der Waals surface area contributed by atoms with Crippen LogP contribution >= 0.6 is 0 Å². The van der Waals surface area contributed by atoms with Crippen molar-refractivity contribution in [2.45, 2.75) is 76.0 Å². The first-order chi connectivity index (χ1) is 13.9. The van der Waals surface area contributed by atoms with Gasteiger partial charge in [0.15, 0.2) is 5.75 Å². The molecule has 0 radical (unpaired) electrons. The molecule has 0 atom stereocenters. The van der Waals surface area contributed by atoms with Crippen molar-refractivity contribution < 1.29 is 74.2 Å². The van der Waals surface area contributed by atoms with Crippen LogP contribution < -0.4 is 61.2 Å². The monoisotopic (exact) mass is 458 g/mol. The van der Waals surface area contributed by atoms with Gasteiger partial charge in [-0.05, 0) is 36.6 Å². The molecule has 0 fully saturated rings. The van der Waals surface area contributed by atoms with Gasteiger partial charge in [0.2, 0.25) is 0 Å². The molecule has 2 rings (SSSR count). The molecule has 160 valence electrons. The summed E-state index contributed by atoms with van der Waals surface area (Å²) in [4.78, 5) is -0.369. The van der Waals surface area contributed by atoms with Gasteiger partial charge in [0.1, 0.15) is 10.6 Å². The van der Waals surface area contributed by atoms with E-state index in [4.69, 9.17) is 4.74 Å². The zero-order chi connectivity index (χ0) is 21.1. The molecule has 0 unspecified atom stereocenters. The second kappa shape index (κ2) is 14.6. The van der Waals surface area contributed by atoms with Crippen molar-refractivity contribution in [2.75, 3.05) is 0 Å². The number of unbranched alkanes of at least 4 members (excludes halogenated alkanes) is 8. The van der Waals surface area contributed by atoms with Gasteiger partial charge in [-0.25, -0.2) is 0 Å². The van der Waals surface area contributed by atoms with Crippen LogP contribution in [0.2, 0.25) is 0 Å². The van der Waals surface area contributed by atoms with Crippen LogP contribution in [0.3, 0.4) is 0 Å². The average molecular weight is 459 g/mol. The zero-order valence-corrected chi connectivity index (χ0v) is 22.0. The Balaban J connectivity index is 0.00000450. The van der Waals surface area contributed by atoms with E-state index in [1.165, 1.54) is 44.6 Å². The Morgan fingerprint density at radius 3 is 2.00 bits per heavy atom. The number of hydrogen-bond donors (Lipinski definition) is 1. The van der Waals surface area contributed by atoms with Crippen LogP contribution in [0.25, 0.3) is 0 Å². The molecular formula is C23H31KO5S. The van der Waals surface area contributed by atoms with E-state index in [2.05, 4.69) is 6.92 Å². The van der Waals surface area contributed by atoms with Crippen molar-refractivity contribution in [1.29, 1.82) is 0 Å². The normalized spacial score (nSPS) is 11.1. The molecule has 0 aliphatic heterocycles. The molecule has 0 amide bonds. The molecule has 0 bridgehead atoms. The summed E-state index contributed by atoms with van der Waals surface area (Å²) >= 11 is 0. The Bertz CT molecular complexity index is 853. The van der Waals surface area contributed by atoms with E-state index in [9.17, 15) is 18.1 Å². The number of rotatable bonds is 13. The Morgan fingerprint density at radius 1 is 0.867 bits per heavy atom. The van der Waals surface area contributed by atoms with Crippen LogP contribution in [0.5, 0.6) is 17.2 Å². The molecule has 2 aromatic carbocycles. The third-order valence-electron chi connectivity index (χ3n) is 4.95. The molecule has 0 heterocycles. The van der Waals surface area contributed by atoms with Crippen LogP contribution in [0, 0.1) is 0 Å². The molecule has 0 spiro atoms. The Kier molecular flexibility index (Phi) is 13.5. The summed E-state index contributed by atoms with van der Waals surface area (Å²) in [6, 6.07) is 11.0. The van der Waals surface area contributed by atoms with Crippen molar-refractivity contribution in [3.05, 3.63) is 48.0 Å². The summed E-state index contributed by atoms with van der Waals surface area (Å²) in [6.45, 7) is 2.21. The predicted molar refractivity (Wildman–Crippen MR) is 113 cm³/mol. The van der Waals surface area contributed by atoms with E-state index >= 15 is 0 Å². The molecule has 2 aromatic rings. The minimum absolute atomic E-state index is 0. The molecule has 0 saturated heterocycles. The molecule has 0 aromatic heterocycles. The van der Waals surface area contributed by atoms with Gasteiger partial charge in [-0.3, -0.25) is 4.55 Å². The number of benzene rings is 2. The van der Waals surface area contributed by atoms with Crippen molar-refractivity contribution in [3.8, 4) is 17.2 Å². The van der Waals surface area contributed by atoms with E-state index in [-0.39, 0.29) is 67.8 Å². The van der Waals surface area contributed by atoms with Crippen molar-refractivity contribution in [2.24, 2.45) is 0 Å². The van der Waals surface area contributed by atoms with Gasteiger partial charge in [-0.2, -0.15) is 8.42 Å². The fraction of sp³-hybridized carbons (Fsp3) is 0.478. The zero-order valence-electron chi connectivity index (χ0n) is 18.1. The van der Waals surface area contributed by atoms with Crippen LogP contribution in [-0.2, 0) is 16.5 Å². The molecule has 7 heteroatoms. The van der Waals surface area contributed by atoms with Crippen LogP contribution in [0.15, 0.2) is 47.4 Å². The second-order valence-corrected chi connectivity index (χ2v) is 8.73. The van der Waals surface area contributed by atoms with Gasteiger partial charge < -0.3 is 9.84 Å². The maximum atomic E-state index is 12.4. The van der Waals surface area contributed by atoms with Crippen LogP contribution in [-0.4, -0.2) is 13.0 Å². The first kappa shape index (κ1) is 27.6. The van der Waals surface area contributed by atoms with E-state index < -0.39 is 10.1 Å². The van der Waals surface area contributed by atoms with Crippen molar-refractivity contribution in [3.63, 3.8) is 0 Å². The summed E-state index contributed by atoms with van der Waals surface area (Å²) in [5.74, 6) is 0.0741. The third kappa shape index (κ3) is 9.38. The quantitative estimate of drug-likeness (QED) is 0.283. The average Bonchev–Trinajstić information content (AvgIpc) is 2.68. The minimum atomic E-state index is -4.51.